The molecular weight excluding hydrogens is 261 g/mol. The third kappa shape index (κ3) is 3.38. The van der Waals surface area contributed by atoms with Gasteiger partial charge in [-0.3, -0.25) is 4.79 Å². The van der Waals surface area contributed by atoms with Crippen LogP contribution in [0.5, 0.6) is 5.75 Å². The van der Waals surface area contributed by atoms with Crippen molar-refractivity contribution in [2.24, 2.45) is 0 Å². The number of furan rings is 1. The molecule has 1 amide bonds. The Hall–Kier alpha value is -2.30. The summed E-state index contributed by atoms with van der Waals surface area (Å²) in [6, 6.07) is 8.96. The molecule has 4 nitrogen and oxygen atoms in total. The number of carbonyl (C=O) groups is 1. The van der Waals surface area contributed by atoms with Gasteiger partial charge in [0.1, 0.15) is 17.3 Å². The van der Waals surface area contributed by atoms with Gasteiger partial charge in [0, 0.05) is 7.05 Å². The van der Waals surface area contributed by atoms with E-state index in [2.05, 4.69) is 0 Å². The van der Waals surface area contributed by atoms with Crippen molar-refractivity contribution >= 4 is 5.91 Å². The number of rotatable bonds is 5. The number of hydrogen-bond donors (Lipinski definition) is 0. The minimum Gasteiger partial charge on any atom is -0.484 e. The number of benzene rings is 1. The van der Waals surface area contributed by atoms with E-state index in [0.29, 0.717) is 11.5 Å². The maximum Gasteiger partial charge on any atom is 0.260 e. The summed E-state index contributed by atoms with van der Waals surface area (Å²) in [7, 11) is 1.68. The van der Waals surface area contributed by atoms with Crippen molar-refractivity contribution in [3.8, 4) is 5.75 Å². The zero-order chi connectivity index (χ0) is 14.5. The zero-order valence-electron chi connectivity index (χ0n) is 11.4. The van der Waals surface area contributed by atoms with Gasteiger partial charge < -0.3 is 14.1 Å². The molecule has 1 unspecified atom stereocenters. The van der Waals surface area contributed by atoms with E-state index in [1.54, 1.807) is 24.3 Å². The minimum absolute atomic E-state index is 0.104. The predicted octanol–water partition coefficient (Wildman–Crippen LogP) is 3.02. The van der Waals surface area contributed by atoms with E-state index < -0.39 is 0 Å². The van der Waals surface area contributed by atoms with Gasteiger partial charge in [0.2, 0.25) is 0 Å². The number of nitrogens with zero attached hydrogens (tertiary/aromatic N) is 1. The molecule has 106 valence electrons. The second-order valence-electron chi connectivity index (χ2n) is 4.44. The molecule has 1 aromatic carbocycles. The first-order valence-corrected chi connectivity index (χ1v) is 6.25. The van der Waals surface area contributed by atoms with Crippen LogP contribution in [0, 0.1) is 5.82 Å². The van der Waals surface area contributed by atoms with E-state index in [1.807, 2.05) is 13.0 Å². The summed E-state index contributed by atoms with van der Waals surface area (Å²) in [5.74, 6) is 0.645. The van der Waals surface area contributed by atoms with Crippen molar-refractivity contribution < 1.29 is 18.3 Å². The summed E-state index contributed by atoms with van der Waals surface area (Å²) in [6.45, 7) is 1.77. The molecule has 5 heteroatoms. The lowest BCUT2D eigenvalue weighted by Gasteiger charge is -2.23. The van der Waals surface area contributed by atoms with E-state index in [4.69, 9.17) is 9.15 Å². The molecule has 0 aliphatic carbocycles. The molecule has 2 aromatic rings. The lowest BCUT2D eigenvalue weighted by molar-refractivity contribution is -0.134. The number of halogens is 1. The Morgan fingerprint density at radius 3 is 2.65 bits per heavy atom. The van der Waals surface area contributed by atoms with Crippen LogP contribution in [0.15, 0.2) is 47.1 Å². The fourth-order valence-electron chi connectivity index (χ4n) is 1.71. The molecule has 0 radical (unpaired) electrons. The van der Waals surface area contributed by atoms with Gasteiger partial charge in [0.05, 0.1) is 12.3 Å². The van der Waals surface area contributed by atoms with Gasteiger partial charge in [-0.1, -0.05) is 0 Å². The summed E-state index contributed by atoms with van der Waals surface area (Å²) < 4.78 is 23.3. The van der Waals surface area contributed by atoms with Crippen LogP contribution in [0.3, 0.4) is 0 Å². The van der Waals surface area contributed by atoms with Crippen molar-refractivity contribution in [3.05, 3.63) is 54.2 Å². The van der Waals surface area contributed by atoms with Crippen molar-refractivity contribution in [1.29, 1.82) is 0 Å². The molecule has 0 bridgehead atoms. The SMILES string of the molecule is CC(c1ccco1)N(C)C(=O)COc1ccc(F)cc1. The minimum atomic E-state index is -0.341. The van der Waals surface area contributed by atoms with Gasteiger partial charge in [0.25, 0.3) is 5.91 Å². The molecule has 1 aromatic heterocycles. The van der Waals surface area contributed by atoms with E-state index in [-0.39, 0.29) is 24.4 Å². The molecule has 2 rings (SSSR count). The number of hydrogen-bond acceptors (Lipinski definition) is 3. The van der Waals surface area contributed by atoms with Crippen LogP contribution < -0.4 is 4.74 Å². The highest BCUT2D eigenvalue weighted by Gasteiger charge is 2.19. The van der Waals surface area contributed by atoms with Crippen molar-refractivity contribution in [2.45, 2.75) is 13.0 Å². The monoisotopic (exact) mass is 277 g/mol. The molecule has 0 spiro atoms. The molecule has 1 atom stereocenters. The Morgan fingerprint density at radius 1 is 1.35 bits per heavy atom. The highest BCUT2D eigenvalue weighted by atomic mass is 19.1. The predicted molar refractivity (Wildman–Crippen MR) is 71.8 cm³/mol. The maximum atomic E-state index is 12.7. The maximum absolute atomic E-state index is 12.7. The fourth-order valence-corrected chi connectivity index (χ4v) is 1.71. The lowest BCUT2D eigenvalue weighted by Crippen LogP contribution is -2.33. The highest BCUT2D eigenvalue weighted by Crippen LogP contribution is 2.19. The fraction of sp³-hybridized carbons (Fsp3) is 0.267. The smallest absolute Gasteiger partial charge is 0.260 e. The Balaban J connectivity index is 1.89. The lowest BCUT2D eigenvalue weighted by atomic mass is 10.2. The highest BCUT2D eigenvalue weighted by molar-refractivity contribution is 5.77. The molecular formula is C15H16FNO3. The van der Waals surface area contributed by atoms with E-state index in [0.717, 1.165) is 0 Å². The molecule has 0 saturated carbocycles. The third-order valence-corrected chi connectivity index (χ3v) is 3.11. The average molecular weight is 277 g/mol. The van der Waals surface area contributed by atoms with Crippen molar-refractivity contribution in [3.63, 3.8) is 0 Å². The van der Waals surface area contributed by atoms with Crippen LogP contribution in [0.4, 0.5) is 4.39 Å². The van der Waals surface area contributed by atoms with Crippen LogP contribution in [-0.4, -0.2) is 24.5 Å². The first-order chi connectivity index (χ1) is 9.58. The molecule has 0 saturated heterocycles. The Labute approximate surface area is 116 Å². The zero-order valence-corrected chi connectivity index (χ0v) is 11.4. The van der Waals surface area contributed by atoms with Gasteiger partial charge in [-0.25, -0.2) is 4.39 Å². The largest absolute Gasteiger partial charge is 0.484 e. The summed E-state index contributed by atoms with van der Waals surface area (Å²) in [5, 5.41) is 0. The third-order valence-electron chi connectivity index (χ3n) is 3.11. The molecule has 0 aliphatic heterocycles. The van der Waals surface area contributed by atoms with E-state index in [9.17, 15) is 9.18 Å². The molecule has 20 heavy (non-hydrogen) atoms. The van der Waals surface area contributed by atoms with Crippen LogP contribution in [0.2, 0.25) is 0 Å². The van der Waals surface area contributed by atoms with Crippen molar-refractivity contribution in [2.75, 3.05) is 13.7 Å². The van der Waals surface area contributed by atoms with Crippen LogP contribution in [0.25, 0.3) is 0 Å². The van der Waals surface area contributed by atoms with Crippen LogP contribution in [0.1, 0.15) is 18.7 Å². The van der Waals surface area contributed by atoms with Crippen molar-refractivity contribution in [1.82, 2.24) is 4.90 Å². The standard InChI is InChI=1S/C15H16FNO3/c1-11(14-4-3-9-19-14)17(2)15(18)10-20-13-7-5-12(16)6-8-13/h3-9,11H,10H2,1-2H3. The normalized spacial score (nSPS) is 11.9. The Morgan fingerprint density at radius 2 is 2.05 bits per heavy atom. The quantitative estimate of drug-likeness (QED) is 0.843. The molecule has 0 N–H and O–H groups in total. The van der Waals surface area contributed by atoms with Crippen LogP contribution >= 0.6 is 0 Å². The Bertz CT molecular complexity index is 551. The molecule has 1 heterocycles. The summed E-state index contributed by atoms with van der Waals surface area (Å²) in [6.07, 6.45) is 1.57. The molecule has 0 fully saturated rings. The first kappa shape index (κ1) is 14.1. The topological polar surface area (TPSA) is 42.7 Å². The number of amides is 1. The number of likely N-dealkylation sites (N-methyl/N-ethyl adjacent to an activating group) is 1. The second kappa shape index (κ2) is 6.23. The van der Waals surface area contributed by atoms with E-state index in [1.165, 1.54) is 24.3 Å². The average Bonchev–Trinajstić information content (AvgIpc) is 2.99. The van der Waals surface area contributed by atoms with Crippen LogP contribution in [-0.2, 0) is 4.79 Å². The van der Waals surface area contributed by atoms with Gasteiger partial charge in [-0.2, -0.15) is 0 Å². The second-order valence-corrected chi connectivity index (χ2v) is 4.44. The van der Waals surface area contributed by atoms with Gasteiger partial charge in [-0.05, 0) is 43.3 Å². The summed E-state index contributed by atoms with van der Waals surface area (Å²) in [5.41, 5.74) is 0. The first-order valence-electron chi connectivity index (χ1n) is 6.25. The summed E-state index contributed by atoms with van der Waals surface area (Å²) in [4.78, 5) is 13.5. The van der Waals surface area contributed by atoms with Gasteiger partial charge >= 0.3 is 0 Å². The number of carbonyl (C=O) groups excluding carboxylic acids is 1. The number of ether oxygens (including phenoxy) is 1. The Kier molecular flexibility index (Phi) is 4.40. The molecule has 0 aliphatic rings. The van der Waals surface area contributed by atoms with E-state index >= 15 is 0 Å². The van der Waals surface area contributed by atoms with Gasteiger partial charge in [-0.15, -0.1) is 0 Å². The summed E-state index contributed by atoms with van der Waals surface area (Å²) >= 11 is 0. The van der Waals surface area contributed by atoms with Gasteiger partial charge in [0.15, 0.2) is 6.61 Å².